The quantitative estimate of drug-likeness (QED) is 0.839. The maximum absolute atomic E-state index is 13.8. The van der Waals surface area contributed by atoms with Crippen LogP contribution in [0.1, 0.15) is 0 Å². The van der Waals surface area contributed by atoms with Crippen LogP contribution >= 0.6 is 11.6 Å². The summed E-state index contributed by atoms with van der Waals surface area (Å²) >= 11 is 6.00. The van der Waals surface area contributed by atoms with E-state index in [4.69, 9.17) is 26.8 Å². The van der Waals surface area contributed by atoms with E-state index in [1.54, 1.807) is 0 Å². The van der Waals surface area contributed by atoms with Crippen LogP contribution < -0.4 is 20.5 Å². The van der Waals surface area contributed by atoms with Crippen molar-refractivity contribution in [3.8, 4) is 11.5 Å². The zero-order chi connectivity index (χ0) is 15.6. The Balaban J connectivity index is 2.47. The van der Waals surface area contributed by atoms with E-state index >= 15 is 0 Å². The molecular weight excluding hydrogens is 302 g/mol. The van der Waals surface area contributed by atoms with E-state index in [-0.39, 0.29) is 16.4 Å². The molecule has 0 saturated carbocycles. The van der Waals surface area contributed by atoms with Crippen LogP contribution in [0.15, 0.2) is 24.3 Å². The van der Waals surface area contributed by atoms with Crippen LogP contribution in [0, 0.1) is 11.6 Å². The number of nitrogens with one attached hydrogen (secondary N) is 1. The number of rotatable bonds is 4. The summed E-state index contributed by atoms with van der Waals surface area (Å²) in [5, 5.41) is 2.88. The third-order valence-corrected chi connectivity index (χ3v) is 3.09. The molecule has 0 aliphatic heterocycles. The van der Waals surface area contributed by atoms with Crippen LogP contribution in [-0.4, -0.2) is 14.2 Å². The van der Waals surface area contributed by atoms with E-state index in [9.17, 15) is 8.78 Å². The number of halogens is 3. The van der Waals surface area contributed by atoms with Gasteiger partial charge in [0.05, 0.1) is 24.9 Å². The van der Waals surface area contributed by atoms with Gasteiger partial charge in [-0.2, -0.15) is 0 Å². The fraction of sp³-hybridized carbons (Fsp3) is 0.143. The van der Waals surface area contributed by atoms with Crippen molar-refractivity contribution in [2.75, 3.05) is 25.3 Å². The molecule has 0 unspecified atom stereocenters. The van der Waals surface area contributed by atoms with E-state index in [1.807, 2.05) is 0 Å². The number of hydrogen-bond acceptors (Lipinski definition) is 4. The first kappa shape index (κ1) is 15.2. The SMILES string of the molecule is COc1cc(OC)c(Nc2c(F)cc(N)cc2F)cc1Cl. The average molecular weight is 315 g/mol. The van der Waals surface area contributed by atoms with Crippen LogP contribution in [0.25, 0.3) is 0 Å². The van der Waals surface area contributed by atoms with Gasteiger partial charge in [0.1, 0.15) is 17.2 Å². The smallest absolute Gasteiger partial charge is 0.151 e. The lowest BCUT2D eigenvalue weighted by Gasteiger charge is -2.15. The highest BCUT2D eigenvalue weighted by atomic mass is 35.5. The monoisotopic (exact) mass is 314 g/mol. The minimum Gasteiger partial charge on any atom is -0.495 e. The lowest BCUT2D eigenvalue weighted by molar-refractivity contribution is 0.395. The third kappa shape index (κ3) is 3.11. The van der Waals surface area contributed by atoms with E-state index in [2.05, 4.69) is 5.32 Å². The summed E-state index contributed by atoms with van der Waals surface area (Å²) in [5.74, 6) is -0.924. The first-order valence-corrected chi connectivity index (χ1v) is 6.27. The standard InChI is InChI=1S/C14H13ClF2N2O2/c1-20-12-6-13(21-2)11(5-8(12)15)19-14-9(16)3-7(18)4-10(14)17/h3-6,19H,18H2,1-2H3. The Morgan fingerprint density at radius 2 is 1.57 bits per heavy atom. The fourth-order valence-electron chi connectivity index (χ4n) is 1.80. The Kier molecular flexibility index (Phi) is 4.37. The first-order chi connectivity index (χ1) is 9.96. The number of anilines is 3. The van der Waals surface area contributed by atoms with Gasteiger partial charge in [-0.05, 0) is 18.2 Å². The van der Waals surface area contributed by atoms with Gasteiger partial charge in [-0.3, -0.25) is 0 Å². The molecule has 0 saturated heterocycles. The highest BCUT2D eigenvalue weighted by Gasteiger charge is 2.15. The van der Waals surface area contributed by atoms with Crippen LogP contribution in [0.4, 0.5) is 25.8 Å². The predicted octanol–water partition coefficient (Wildman–Crippen LogP) is 3.96. The molecule has 2 aromatic rings. The molecule has 0 aliphatic rings. The van der Waals surface area contributed by atoms with Crippen LogP contribution in [0.3, 0.4) is 0 Å². The molecule has 2 rings (SSSR count). The zero-order valence-corrected chi connectivity index (χ0v) is 12.1. The van der Waals surface area contributed by atoms with E-state index in [1.165, 1.54) is 26.4 Å². The zero-order valence-electron chi connectivity index (χ0n) is 11.3. The number of benzene rings is 2. The first-order valence-electron chi connectivity index (χ1n) is 5.89. The topological polar surface area (TPSA) is 56.5 Å². The molecule has 0 aliphatic carbocycles. The van der Waals surface area contributed by atoms with Crippen molar-refractivity contribution in [1.29, 1.82) is 0 Å². The molecule has 0 aromatic heterocycles. The maximum atomic E-state index is 13.8. The molecule has 0 spiro atoms. The largest absolute Gasteiger partial charge is 0.495 e. The molecule has 0 amide bonds. The Hall–Kier alpha value is -2.21. The number of nitrogens with two attached hydrogens (primary N) is 1. The molecule has 112 valence electrons. The highest BCUT2D eigenvalue weighted by molar-refractivity contribution is 6.32. The molecule has 4 nitrogen and oxygen atoms in total. The number of nitrogen functional groups attached to an aromatic ring is 1. The summed E-state index contributed by atoms with van der Waals surface area (Å²) in [4.78, 5) is 0. The van der Waals surface area contributed by atoms with E-state index in [0.29, 0.717) is 17.2 Å². The van der Waals surface area contributed by atoms with Gasteiger partial charge in [0.25, 0.3) is 0 Å². The summed E-state index contributed by atoms with van der Waals surface area (Å²) in [5.41, 5.74) is 5.32. The van der Waals surface area contributed by atoms with Gasteiger partial charge in [0, 0.05) is 11.8 Å². The van der Waals surface area contributed by atoms with Gasteiger partial charge in [0.15, 0.2) is 11.6 Å². The van der Waals surface area contributed by atoms with E-state index in [0.717, 1.165) is 12.1 Å². The molecule has 7 heteroatoms. The molecule has 0 heterocycles. The van der Waals surface area contributed by atoms with Crippen molar-refractivity contribution >= 4 is 28.7 Å². The van der Waals surface area contributed by atoms with Crippen LogP contribution in [-0.2, 0) is 0 Å². The van der Waals surface area contributed by atoms with E-state index < -0.39 is 11.6 Å². The molecule has 21 heavy (non-hydrogen) atoms. The summed E-state index contributed by atoms with van der Waals surface area (Å²) in [6.45, 7) is 0. The lowest BCUT2D eigenvalue weighted by Crippen LogP contribution is -2.01. The van der Waals surface area contributed by atoms with Gasteiger partial charge in [0.2, 0.25) is 0 Å². The normalized spacial score (nSPS) is 10.3. The van der Waals surface area contributed by atoms with Crippen molar-refractivity contribution < 1.29 is 18.3 Å². The Morgan fingerprint density at radius 1 is 1.00 bits per heavy atom. The van der Waals surface area contributed by atoms with Crippen molar-refractivity contribution in [2.45, 2.75) is 0 Å². The van der Waals surface area contributed by atoms with Crippen molar-refractivity contribution in [2.24, 2.45) is 0 Å². The van der Waals surface area contributed by atoms with Gasteiger partial charge in [-0.25, -0.2) is 8.78 Å². The van der Waals surface area contributed by atoms with Crippen molar-refractivity contribution in [3.63, 3.8) is 0 Å². The summed E-state index contributed by atoms with van der Waals surface area (Å²) in [6, 6.07) is 5.00. The number of hydrogen-bond donors (Lipinski definition) is 2. The average Bonchev–Trinajstić information content (AvgIpc) is 2.43. The molecule has 0 radical (unpaired) electrons. The van der Waals surface area contributed by atoms with Crippen LogP contribution in [0.5, 0.6) is 11.5 Å². The van der Waals surface area contributed by atoms with Crippen LogP contribution in [0.2, 0.25) is 5.02 Å². The minimum absolute atomic E-state index is 0.00437. The Bertz CT molecular complexity index is 657. The summed E-state index contributed by atoms with van der Waals surface area (Å²) in [7, 11) is 2.87. The number of methoxy groups -OCH3 is 2. The highest BCUT2D eigenvalue weighted by Crippen LogP contribution is 2.38. The lowest BCUT2D eigenvalue weighted by atomic mass is 10.2. The summed E-state index contributed by atoms with van der Waals surface area (Å²) in [6.07, 6.45) is 0. The second-order valence-corrected chi connectivity index (χ2v) is 4.58. The molecule has 3 N–H and O–H groups in total. The third-order valence-electron chi connectivity index (χ3n) is 2.80. The molecule has 2 aromatic carbocycles. The minimum atomic E-state index is -0.818. The second-order valence-electron chi connectivity index (χ2n) is 4.17. The number of ether oxygens (including phenoxy) is 2. The maximum Gasteiger partial charge on any atom is 0.151 e. The Morgan fingerprint density at radius 3 is 2.10 bits per heavy atom. The molecular formula is C14H13ClF2N2O2. The van der Waals surface area contributed by atoms with Gasteiger partial charge in [-0.15, -0.1) is 0 Å². The molecule has 0 fully saturated rings. The predicted molar refractivity (Wildman–Crippen MR) is 78.6 cm³/mol. The van der Waals surface area contributed by atoms with Crippen molar-refractivity contribution in [3.05, 3.63) is 40.9 Å². The van der Waals surface area contributed by atoms with Crippen molar-refractivity contribution in [1.82, 2.24) is 0 Å². The summed E-state index contributed by atoms with van der Waals surface area (Å²) < 4.78 is 37.8. The Labute approximate surface area is 125 Å². The van der Waals surface area contributed by atoms with Gasteiger partial charge < -0.3 is 20.5 Å². The fourth-order valence-corrected chi connectivity index (χ4v) is 2.05. The van der Waals surface area contributed by atoms with Gasteiger partial charge in [-0.1, -0.05) is 11.6 Å². The molecule has 0 bridgehead atoms. The second kappa shape index (κ2) is 6.05. The van der Waals surface area contributed by atoms with Gasteiger partial charge >= 0.3 is 0 Å². The molecule has 0 atom stereocenters.